The van der Waals surface area contributed by atoms with Crippen LogP contribution in [0.4, 0.5) is 0 Å². The lowest BCUT2D eigenvalue weighted by atomic mass is 10.1. The molecule has 0 saturated heterocycles. The highest BCUT2D eigenvalue weighted by atomic mass is 32.2. The van der Waals surface area contributed by atoms with Gasteiger partial charge in [-0.25, -0.2) is 0 Å². The van der Waals surface area contributed by atoms with Crippen LogP contribution in [0.1, 0.15) is 5.56 Å². The Kier molecular flexibility index (Phi) is 4.52. The van der Waals surface area contributed by atoms with Gasteiger partial charge in [0.1, 0.15) is 0 Å². The highest BCUT2D eigenvalue weighted by molar-refractivity contribution is 7.74. The Hall–Kier alpha value is -0.970. The molecule has 0 aliphatic heterocycles. The molecule has 0 fully saturated rings. The molecule has 1 atom stereocenters. The summed E-state index contributed by atoms with van der Waals surface area (Å²) >= 11 is -2.20. The van der Waals surface area contributed by atoms with Crippen molar-refractivity contribution < 1.29 is 12.9 Å². The van der Waals surface area contributed by atoms with Crippen molar-refractivity contribution in [3.8, 4) is 0 Å². The van der Waals surface area contributed by atoms with Crippen molar-refractivity contribution in [2.75, 3.05) is 6.61 Å². The largest absolute Gasteiger partial charge is 0.302 e. The standard InChI is InChI=1S/C10H12O3S/c1-9(8-13-14(11)12)7-10-5-3-2-4-6-10/h2-6H,1,7-8H2,(H,11,12). The van der Waals surface area contributed by atoms with Crippen LogP contribution in [0.25, 0.3) is 0 Å². The molecule has 0 heterocycles. The van der Waals surface area contributed by atoms with Gasteiger partial charge < -0.3 is 0 Å². The molecule has 0 bridgehead atoms. The van der Waals surface area contributed by atoms with E-state index in [0.29, 0.717) is 6.42 Å². The summed E-state index contributed by atoms with van der Waals surface area (Å²) in [7, 11) is 0. The fraction of sp³-hybridized carbons (Fsp3) is 0.200. The summed E-state index contributed by atoms with van der Waals surface area (Å²) in [6.07, 6.45) is 0.665. The minimum atomic E-state index is -2.20. The Balaban J connectivity index is 2.38. The second-order valence-electron chi connectivity index (χ2n) is 2.89. The maximum Gasteiger partial charge on any atom is 0.302 e. The molecule has 0 aliphatic rings. The topological polar surface area (TPSA) is 46.5 Å². The van der Waals surface area contributed by atoms with E-state index in [2.05, 4.69) is 10.8 Å². The van der Waals surface area contributed by atoms with Crippen molar-refractivity contribution in [2.45, 2.75) is 6.42 Å². The Labute approximate surface area is 85.9 Å². The predicted octanol–water partition coefficient (Wildman–Crippen LogP) is 1.94. The molecule has 0 aliphatic carbocycles. The number of rotatable bonds is 5. The average Bonchev–Trinajstić information content (AvgIpc) is 2.16. The lowest BCUT2D eigenvalue weighted by Crippen LogP contribution is -2.02. The molecule has 76 valence electrons. The van der Waals surface area contributed by atoms with E-state index >= 15 is 0 Å². The Morgan fingerprint density at radius 3 is 2.64 bits per heavy atom. The van der Waals surface area contributed by atoms with E-state index in [1.165, 1.54) is 0 Å². The van der Waals surface area contributed by atoms with Crippen LogP contribution in [0.2, 0.25) is 0 Å². The molecule has 14 heavy (non-hydrogen) atoms. The molecule has 4 heteroatoms. The number of benzene rings is 1. The molecule has 3 nitrogen and oxygen atoms in total. The van der Waals surface area contributed by atoms with E-state index in [1.54, 1.807) is 0 Å². The quantitative estimate of drug-likeness (QED) is 0.599. The predicted molar refractivity (Wildman–Crippen MR) is 56.0 cm³/mol. The SMILES string of the molecule is C=C(COS(=O)O)Cc1ccccc1. The summed E-state index contributed by atoms with van der Waals surface area (Å²) in [6, 6.07) is 9.76. The fourth-order valence-corrected chi connectivity index (χ4v) is 1.34. The van der Waals surface area contributed by atoms with Crippen LogP contribution >= 0.6 is 0 Å². The molecule has 1 unspecified atom stereocenters. The smallest absolute Gasteiger partial charge is 0.284 e. The zero-order valence-corrected chi connectivity index (χ0v) is 8.50. The van der Waals surface area contributed by atoms with Crippen LogP contribution in [0.5, 0.6) is 0 Å². The zero-order valence-electron chi connectivity index (χ0n) is 7.68. The molecule has 0 amide bonds. The molecular weight excluding hydrogens is 200 g/mol. The minimum Gasteiger partial charge on any atom is -0.284 e. The highest BCUT2D eigenvalue weighted by Gasteiger charge is 1.99. The molecular formula is C10H12O3S. The van der Waals surface area contributed by atoms with Crippen LogP contribution in [-0.4, -0.2) is 15.4 Å². The summed E-state index contributed by atoms with van der Waals surface area (Å²) in [5.74, 6) is 0. The molecule has 1 aromatic carbocycles. The average molecular weight is 212 g/mol. The first-order chi connectivity index (χ1) is 6.68. The van der Waals surface area contributed by atoms with E-state index in [-0.39, 0.29) is 6.61 Å². The second-order valence-corrected chi connectivity index (χ2v) is 3.56. The van der Waals surface area contributed by atoms with E-state index in [1.807, 2.05) is 30.3 Å². The van der Waals surface area contributed by atoms with Crippen molar-refractivity contribution in [2.24, 2.45) is 0 Å². The highest BCUT2D eigenvalue weighted by Crippen LogP contribution is 2.06. The third kappa shape index (κ3) is 4.32. The van der Waals surface area contributed by atoms with E-state index in [4.69, 9.17) is 4.55 Å². The van der Waals surface area contributed by atoms with Crippen molar-refractivity contribution in [1.29, 1.82) is 0 Å². The molecule has 0 aromatic heterocycles. The van der Waals surface area contributed by atoms with Crippen molar-refractivity contribution in [3.05, 3.63) is 48.0 Å². The molecule has 1 N–H and O–H groups in total. The third-order valence-electron chi connectivity index (χ3n) is 1.66. The van der Waals surface area contributed by atoms with Gasteiger partial charge in [0, 0.05) is 0 Å². The lowest BCUT2D eigenvalue weighted by molar-refractivity contribution is 0.332. The Morgan fingerprint density at radius 1 is 1.43 bits per heavy atom. The molecule has 0 radical (unpaired) electrons. The molecule has 1 rings (SSSR count). The minimum absolute atomic E-state index is 0.109. The summed E-state index contributed by atoms with van der Waals surface area (Å²) in [5.41, 5.74) is 1.89. The van der Waals surface area contributed by atoms with Crippen molar-refractivity contribution in [3.63, 3.8) is 0 Å². The van der Waals surface area contributed by atoms with Gasteiger partial charge in [0.05, 0.1) is 6.61 Å². The van der Waals surface area contributed by atoms with Gasteiger partial charge in [-0.2, -0.15) is 4.21 Å². The first-order valence-corrected chi connectivity index (χ1v) is 5.16. The maximum absolute atomic E-state index is 10.2. The van der Waals surface area contributed by atoms with Crippen molar-refractivity contribution >= 4 is 11.4 Å². The third-order valence-corrected chi connectivity index (χ3v) is 1.98. The van der Waals surface area contributed by atoms with Crippen LogP contribution in [0.3, 0.4) is 0 Å². The van der Waals surface area contributed by atoms with Crippen LogP contribution in [0.15, 0.2) is 42.5 Å². The normalized spacial score (nSPS) is 12.4. The second kappa shape index (κ2) is 5.70. The molecule has 0 saturated carbocycles. The zero-order chi connectivity index (χ0) is 10.4. The van der Waals surface area contributed by atoms with E-state index in [9.17, 15) is 4.21 Å². The van der Waals surface area contributed by atoms with E-state index < -0.39 is 11.4 Å². The first kappa shape index (κ1) is 11.1. The van der Waals surface area contributed by atoms with Crippen LogP contribution in [0, 0.1) is 0 Å². The summed E-state index contributed by atoms with van der Waals surface area (Å²) in [4.78, 5) is 0. The lowest BCUT2D eigenvalue weighted by Gasteiger charge is -2.03. The number of hydrogen-bond acceptors (Lipinski definition) is 2. The van der Waals surface area contributed by atoms with Gasteiger partial charge in [-0.1, -0.05) is 36.9 Å². The van der Waals surface area contributed by atoms with Gasteiger partial charge in [0.15, 0.2) is 0 Å². The van der Waals surface area contributed by atoms with E-state index in [0.717, 1.165) is 11.1 Å². The van der Waals surface area contributed by atoms with Gasteiger partial charge in [-0.15, -0.1) is 0 Å². The van der Waals surface area contributed by atoms with Crippen molar-refractivity contribution in [1.82, 2.24) is 0 Å². The van der Waals surface area contributed by atoms with Gasteiger partial charge in [0.25, 0.3) is 0 Å². The van der Waals surface area contributed by atoms with Gasteiger partial charge in [0.2, 0.25) is 0 Å². The summed E-state index contributed by atoms with van der Waals surface area (Å²) in [5, 5.41) is 0. The monoisotopic (exact) mass is 212 g/mol. The Morgan fingerprint density at radius 2 is 2.07 bits per heavy atom. The first-order valence-electron chi connectivity index (χ1n) is 4.13. The Bertz CT molecular complexity index is 321. The summed E-state index contributed by atoms with van der Waals surface area (Å²) < 4.78 is 23.1. The van der Waals surface area contributed by atoms with Gasteiger partial charge in [-0.3, -0.25) is 8.74 Å². The molecule has 0 spiro atoms. The molecule has 1 aromatic rings. The van der Waals surface area contributed by atoms with Crippen LogP contribution < -0.4 is 0 Å². The van der Waals surface area contributed by atoms with Gasteiger partial charge in [-0.05, 0) is 17.6 Å². The number of hydrogen-bond donors (Lipinski definition) is 1. The summed E-state index contributed by atoms with van der Waals surface area (Å²) in [6.45, 7) is 3.86. The fourth-order valence-electron chi connectivity index (χ4n) is 1.07. The van der Waals surface area contributed by atoms with Crippen LogP contribution in [-0.2, 0) is 22.0 Å². The van der Waals surface area contributed by atoms with Gasteiger partial charge >= 0.3 is 11.4 Å². The maximum atomic E-state index is 10.2.